The molecule has 190 valence electrons. The molecule has 0 aliphatic carbocycles. The van der Waals surface area contributed by atoms with E-state index in [2.05, 4.69) is 15.6 Å². The summed E-state index contributed by atoms with van der Waals surface area (Å²) in [4.78, 5) is 46.7. The molecule has 3 amide bonds. The molecule has 0 spiro atoms. The van der Waals surface area contributed by atoms with Gasteiger partial charge in [0.25, 0.3) is 0 Å². The van der Waals surface area contributed by atoms with Crippen molar-refractivity contribution in [3.05, 3.63) is 30.0 Å². The van der Waals surface area contributed by atoms with Crippen LogP contribution in [0.25, 0.3) is 11.0 Å². The smallest absolute Gasteiger partial charge is 0.247 e. The van der Waals surface area contributed by atoms with Crippen LogP contribution in [0.1, 0.15) is 37.9 Å². The molecule has 1 aromatic heterocycles. The van der Waals surface area contributed by atoms with Crippen molar-refractivity contribution in [2.75, 3.05) is 38.5 Å². The van der Waals surface area contributed by atoms with E-state index in [4.69, 9.17) is 4.42 Å². The molecule has 2 aromatic rings. The van der Waals surface area contributed by atoms with E-state index in [0.29, 0.717) is 18.7 Å². The van der Waals surface area contributed by atoms with E-state index in [-0.39, 0.29) is 24.2 Å². The minimum Gasteiger partial charge on any atom is -0.461 e. The fourth-order valence-electron chi connectivity index (χ4n) is 4.73. The summed E-state index contributed by atoms with van der Waals surface area (Å²) >= 11 is 0. The molecule has 2 aliphatic heterocycles. The molecule has 1 unspecified atom stereocenters. The summed E-state index contributed by atoms with van der Waals surface area (Å²) in [6.07, 6.45) is 3.96. The normalized spacial score (nSPS) is 19.6. The van der Waals surface area contributed by atoms with Gasteiger partial charge >= 0.3 is 0 Å². The summed E-state index contributed by atoms with van der Waals surface area (Å²) in [6, 6.07) is 8.52. The first-order chi connectivity index (χ1) is 17.4. The summed E-state index contributed by atoms with van der Waals surface area (Å²) in [5, 5.41) is 16.3. The zero-order valence-electron chi connectivity index (χ0n) is 20.7. The SMILES string of the molecule is CNC(=O)C(C#N)C(=N[C@H]1CCCCN(CC(=O)N2CCCC2)C1=O)Nc1ccc2oc(C)cc2c1. The number of aliphatic imine (C=N–C) groups is 1. The molecule has 2 saturated heterocycles. The number of hydrogen-bond acceptors (Lipinski definition) is 6. The molecule has 10 nitrogen and oxygen atoms in total. The van der Waals surface area contributed by atoms with Crippen LogP contribution in [0, 0.1) is 24.2 Å². The molecule has 0 saturated carbocycles. The number of fused-ring (bicyclic) bond motifs is 1. The van der Waals surface area contributed by atoms with Gasteiger partial charge in [0.2, 0.25) is 17.7 Å². The van der Waals surface area contributed by atoms with Crippen molar-refractivity contribution in [3.63, 3.8) is 0 Å². The third kappa shape index (κ3) is 5.67. The van der Waals surface area contributed by atoms with Gasteiger partial charge in [-0.15, -0.1) is 0 Å². The van der Waals surface area contributed by atoms with Crippen LogP contribution in [0.2, 0.25) is 0 Å². The second kappa shape index (κ2) is 11.2. The first-order valence-corrected chi connectivity index (χ1v) is 12.4. The number of aryl methyl sites for hydroxylation is 1. The molecule has 2 fully saturated rings. The van der Waals surface area contributed by atoms with Gasteiger partial charge < -0.3 is 24.9 Å². The lowest BCUT2D eigenvalue weighted by Crippen LogP contribution is -2.45. The van der Waals surface area contributed by atoms with Gasteiger partial charge in [0.1, 0.15) is 23.2 Å². The summed E-state index contributed by atoms with van der Waals surface area (Å²) < 4.78 is 5.63. The predicted octanol–water partition coefficient (Wildman–Crippen LogP) is 2.44. The van der Waals surface area contributed by atoms with E-state index >= 15 is 0 Å². The van der Waals surface area contributed by atoms with E-state index in [1.165, 1.54) is 7.05 Å². The Morgan fingerprint density at radius 1 is 1.19 bits per heavy atom. The molecule has 4 rings (SSSR count). The van der Waals surface area contributed by atoms with Gasteiger partial charge in [-0.1, -0.05) is 0 Å². The summed E-state index contributed by atoms with van der Waals surface area (Å²) in [5.41, 5.74) is 1.34. The Labute approximate surface area is 210 Å². The predicted molar refractivity (Wildman–Crippen MR) is 135 cm³/mol. The number of benzene rings is 1. The Bertz CT molecular complexity index is 1210. The highest BCUT2D eigenvalue weighted by Crippen LogP contribution is 2.24. The van der Waals surface area contributed by atoms with Crippen molar-refractivity contribution < 1.29 is 18.8 Å². The van der Waals surface area contributed by atoms with Crippen LogP contribution < -0.4 is 10.6 Å². The first-order valence-electron chi connectivity index (χ1n) is 12.4. The van der Waals surface area contributed by atoms with Gasteiger partial charge in [-0.3, -0.25) is 19.4 Å². The van der Waals surface area contributed by atoms with Gasteiger partial charge in [-0.25, -0.2) is 0 Å². The summed E-state index contributed by atoms with van der Waals surface area (Å²) in [5.74, 6) is -1.19. The number of nitrogens with one attached hydrogen (secondary N) is 2. The number of amidine groups is 1. The average molecular weight is 493 g/mol. The Morgan fingerprint density at radius 2 is 1.94 bits per heavy atom. The van der Waals surface area contributed by atoms with Gasteiger partial charge in [-0.2, -0.15) is 5.26 Å². The minimum atomic E-state index is -1.23. The van der Waals surface area contributed by atoms with Gasteiger partial charge in [0, 0.05) is 37.8 Å². The highest BCUT2D eigenvalue weighted by atomic mass is 16.3. The number of carbonyl (C=O) groups excluding carboxylic acids is 3. The zero-order chi connectivity index (χ0) is 25.7. The largest absolute Gasteiger partial charge is 0.461 e. The molecule has 2 aliphatic rings. The molecule has 1 aromatic carbocycles. The second-order valence-corrected chi connectivity index (χ2v) is 9.28. The quantitative estimate of drug-likeness (QED) is 0.470. The lowest BCUT2D eigenvalue weighted by molar-refractivity contribution is -0.140. The number of carbonyl (C=O) groups is 3. The van der Waals surface area contributed by atoms with E-state index in [1.54, 1.807) is 21.9 Å². The molecule has 3 heterocycles. The summed E-state index contributed by atoms with van der Waals surface area (Å²) in [7, 11) is 1.45. The van der Waals surface area contributed by atoms with E-state index in [1.807, 2.05) is 25.1 Å². The van der Waals surface area contributed by atoms with Crippen LogP contribution in [-0.2, 0) is 14.4 Å². The average Bonchev–Trinajstić information content (AvgIpc) is 3.50. The minimum absolute atomic E-state index is 0.0290. The van der Waals surface area contributed by atoms with Crippen molar-refractivity contribution >= 4 is 40.2 Å². The van der Waals surface area contributed by atoms with Crippen LogP contribution in [0.15, 0.2) is 33.7 Å². The molecule has 0 bridgehead atoms. The fraction of sp³-hybridized carbons (Fsp3) is 0.500. The number of amides is 3. The van der Waals surface area contributed by atoms with Crippen molar-refractivity contribution in [2.45, 2.75) is 45.1 Å². The molecule has 0 radical (unpaired) electrons. The van der Waals surface area contributed by atoms with E-state index in [9.17, 15) is 19.6 Å². The van der Waals surface area contributed by atoms with Crippen molar-refractivity contribution in [2.24, 2.45) is 10.9 Å². The van der Waals surface area contributed by atoms with Crippen molar-refractivity contribution in [3.8, 4) is 6.07 Å². The second-order valence-electron chi connectivity index (χ2n) is 9.28. The molecular formula is C26H32N6O4. The number of nitriles is 1. The Morgan fingerprint density at radius 3 is 2.67 bits per heavy atom. The monoisotopic (exact) mass is 492 g/mol. The molecule has 36 heavy (non-hydrogen) atoms. The maximum atomic E-state index is 13.4. The standard InChI is InChI=1S/C26H32N6O4/c1-17-13-18-14-19(8-9-22(18)36-17)29-24(20(15-27)25(34)28-2)30-21-7-3-4-12-32(26(21)35)16-23(33)31-10-5-6-11-31/h8-9,13-14,20-21H,3-7,10-12,16H2,1-2H3,(H,28,34)(H,29,30)/t20?,21-/m0/s1. The van der Waals surface area contributed by atoms with Gasteiger partial charge in [0.15, 0.2) is 5.92 Å². The van der Waals surface area contributed by atoms with Crippen LogP contribution in [0.3, 0.4) is 0 Å². The third-order valence-corrected chi connectivity index (χ3v) is 6.66. The van der Waals surface area contributed by atoms with Crippen molar-refractivity contribution in [1.82, 2.24) is 15.1 Å². The number of rotatable bonds is 6. The first kappa shape index (κ1) is 25.2. The molecular weight excluding hydrogens is 460 g/mol. The number of nitrogens with zero attached hydrogens (tertiary/aromatic N) is 4. The Kier molecular flexibility index (Phi) is 7.88. The van der Waals surface area contributed by atoms with Crippen LogP contribution in [0.5, 0.6) is 0 Å². The number of furan rings is 1. The fourth-order valence-corrected chi connectivity index (χ4v) is 4.73. The van der Waals surface area contributed by atoms with Crippen molar-refractivity contribution in [1.29, 1.82) is 5.26 Å². The van der Waals surface area contributed by atoms with E-state index in [0.717, 1.165) is 55.5 Å². The molecule has 2 atom stereocenters. The number of anilines is 1. The van der Waals surface area contributed by atoms with Gasteiger partial charge in [-0.05, 0) is 63.3 Å². The number of likely N-dealkylation sites (tertiary alicyclic amines) is 2. The Hall–Kier alpha value is -3.87. The van der Waals surface area contributed by atoms with Crippen LogP contribution in [0.4, 0.5) is 5.69 Å². The summed E-state index contributed by atoms with van der Waals surface area (Å²) in [6.45, 7) is 3.83. The zero-order valence-corrected chi connectivity index (χ0v) is 20.7. The third-order valence-electron chi connectivity index (χ3n) is 6.66. The molecule has 10 heteroatoms. The van der Waals surface area contributed by atoms with Crippen LogP contribution >= 0.6 is 0 Å². The Balaban J connectivity index is 1.61. The number of hydrogen-bond donors (Lipinski definition) is 2. The highest BCUT2D eigenvalue weighted by Gasteiger charge is 2.32. The topological polar surface area (TPSA) is 131 Å². The lowest BCUT2D eigenvalue weighted by atomic mass is 10.1. The van der Waals surface area contributed by atoms with E-state index < -0.39 is 17.9 Å². The lowest BCUT2D eigenvalue weighted by Gasteiger charge is -2.25. The maximum absolute atomic E-state index is 13.4. The van der Waals surface area contributed by atoms with Crippen LogP contribution in [-0.4, -0.2) is 72.6 Å². The maximum Gasteiger partial charge on any atom is 0.247 e. The van der Waals surface area contributed by atoms with Gasteiger partial charge in [0.05, 0.1) is 12.6 Å². The highest BCUT2D eigenvalue weighted by molar-refractivity contribution is 6.12. The molecule has 2 N–H and O–H groups in total.